The second-order valence-corrected chi connectivity index (χ2v) is 10.6. The van der Waals surface area contributed by atoms with Crippen LogP contribution >= 0.6 is 11.6 Å². The minimum absolute atomic E-state index is 0.0739. The summed E-state index contributed by atoms with van der Waals surface area (Å²) in [5.74, 6) is 0.689. The Hall–Kier alpha value is -3.76. The summed E-state index contributed by atoms with van der Waals surface area (Å²) in [7, 11) is -4.15. The average molecular weight is 526 g/mol. The molecule has 0 aliphatic heterocycles. The normalized spacial score (nSPS) is 14.1. The molecule has 9 nitrogen and oxygen atoms in total. The maximum Gasteiger partial charge on any atom is 0.341 e. The van der Waals surface area contributed by atoms with Gasteiger partial charge in [0.05, 0.1) is 16.7 Å². The molecule has 11 heteroatoms. The molecule has 1 aliphatic carbocycles. The first kappa shape index (κ1) is 24.0. The SMILES string of the molecule is Nc1cc(C2CCCC2)ccc1S(=O)(=O)Oc1ccc2nc(NC(=O)Nc3ccc(Cl)cc3)[nH]c2c1. The number of carbonyl (C=O) groups excluding carboxylic acids is 1. The Bertz CT molecular complexity index is 1530. The van der Waals surface area contributed by atoms with Gasteiger partial charge < -0.3 is 20.2 Å². The van der Waals surface area contributed by atoms with E-state index in [0.717, 1.165) is 18.4 Å². The van der Waals surface area contributed by atoms with Gasteiger partial charge in [-0.1, -0.05) is 30.5 Å². The molecule has 1 aliphatic rings. The summed E-state index contributed by atoms with van der Waals surface area (Å²) in [6.07, 6.45) is 4.53. The molecule has 2 amide bonds. The van der Waals surface area contributed by atoms with Crippen molar-refractivity contribution < 1.29 is 17.4 Å². The van der Waals surface area contributed by atoms with Crippen LogP contribution in [0.25, 0.3) is 11.0 Å². The molecule has 1 heterocycles. The number of nitrogen functional groups attached to an aromatic ring is 1. The Morgan fingerprint density at radius 2 is 1.78 bits per heavy atom. The number of nitrogens with one attached hydrogen (secondary N) is 3. The first-order chi connectivity index (χ1) is 17.3. The van der Waals surface area contributed by atoms with Gasteiger partial charge in [-0.15, -0.1) is 0 Å². The van der Waals surface area contributed by atoms with Crippen LogP contribution in [0.15, 0.2) is 65.6 Å². The summed E-state index contributed by atoms with van der Waals surface area (Å²) in [5.41, 5.74) is 8.88. The summed E-state index contributed by atoms with van der Waals surface area (Å²) in [4.78, 5) is 19.4. The van der Waals surface area contributed by atoms with E-state index in [1.807, 2.05) is 6.07 Å². The van der Waals surface area contributed by atoms with E-state index in [0.29, 0.717) is 27.7 Å². The van der Waals surface area contributed by atoms with Crippen LogP contribution in [-0.4, -0.2) is 24.4 Å². The van der Waals surface area contributed by atoms with E-state index >= 15 is 0 Å². The number of H-pyrrole nitrogens is 1. The number of nitrogens with two attached hydrogens (primary N) is 1. The van der Waals surface area contributed by atoms with E-state index in [2.05, 4.69) is 20.6 Å². The molecular formula is C25H24ClN5O4S. The van der Waals surface area contributed by atoms with Gasteiger partial charge in [-0.3, -0.25) is 5.32 Å². The number of rotatable bonds is 6. The van der Waals surface area contributed by atoms with Crippen molar-refractivity contribution in [2.45, 2.75) is 36.5 Å². The topological polar surface area (TPSA) is 139 Å². The number of aromatic amines is 1. The van der Waals surface area contributed by atoms with Crippen LogP contribution in [0.1, 0.15) is 37.2 Å². The molecule has 0 saturated heterocycles. The summed E-state index contributed by atoms with van der Waals surface area (Å²) in [6, 6.07) is 15.8. The van der Waals surface area contributed by atoms with Gasteiger partial charge in [0.1, 0.15) is 10.6 Å². The highest BCUT2D eigenvalue weighted by atomic mass is 35.5. The average Bonchev–Trinajstić information content (AvgIpc) is 3.49. The van der Waals surface area contributed by atoms with Crippen LogP contribution < -0.4 is 20.6 Å². The van der Waals surface area contributed by atoms with Crippen LogP contribution in [0.5, 0.6) is 5.75 Å². The predicted octanol–water partition coefficient (Wildman–Crippen LogP) is 5.87. The van der Waals surface area contributed by atoms with Crippen molar-refractivity contribution in [1.82, 2.24) is 9.97 Å². The molecule has 5 N–H and O–H groups in total. The van der Waals surface area contributed by atoms with Crippen molar-refractivity contribution in [2.75, 3.05) is 16.4 Å². The molecule has 36 heavy (non-hydrogen) atoms. The molecule has 0 radical (unpaired) electrons. The zero-order valence-corrected chi connectivity index (χ0v) is 20.7. The van der Waals surface area contributed by atoms with E-state index in [-0.39, 0.29) is 22.3 Å². The monoisotopic (exact) mass is 525 g/mol. The van der Waals surface area contributed by atoms with Crippen LogP contribution in [0.2, 0.25) is 5.02 Å². The largest absolute Gasteiger partial charge is 0.398 e. The number of urea groups is 1. The Balaban J connectivity index is 1.29. The highest BCUT2D eigenvalue weighted by molar-refractivity contribution is 7.87. The third kappa shape index (κ3) is 5.24. The van der Waals surface area contributed by atoms with Crippen LogP contribution in [-0.2, 0) is 10.1 Å². The Labute approximate surface area is 213 Å². The Morgan fingerprint density at radius 1 is 1.03 bits per heavy atom. The van der Waals surface area contributed by atoms with Crippen molar-refractivity contribution in [3.63, 3.8) is 0 Å². The summed E-state index contributed by atoms with van der Waals surface area (Å²) in [6.45, 7) is 0. The standard InChI is InChI=1S/C25H24ClN5O4S/c26-17-6-8-18(9-7-17)28-25(32)31-24-29-21-11-10-19(14-22(21)30-24)35-36(33,34)23-12-5-16(13-20(23)27)15-3-1-2-4-15/h5-15H,1-4,27H2,(H3,28,29,30,31,32). The number of amides is 2. The molecule has 0 spiro atoms. The Kier molecular flexibility index (Phi) is 6.46. The molecule has 4 aromatic rings. The fourth-order valence-corrected chi connectivity index (χ4v) is 5.54. The van der Waals surface area contributed by atoms with Gasteiger partial charge >= 0.3 is 16.1 Å². The zero-order valence-electron chi connectivity index (χ0n) is 19.1. The van der Waals surface area contributed by atoms with Gasteiger partial charge in [-0.25, -0.2) is 9.78 Å². The zero-order chi connectivity index (χ0) is 25.3. The number of hydrogen-bond donors (Lipinski definition) is 4. The maximum absolute atomic E-state index is 12.9. The lowest BCUT2D eigenvalue weighted by Crippen LogP contribution is -2.20. The summed E-state index contributed by atoms with van der Waals surface area (Å²) >= 11 is 5.85. The number of imidazole rings is 1. The maximum atomic E-state index is 12.9. The molecule has 1 fully saturated rings. The van der Waals surface area contributed by atoms with Gasteiger partial charge in [0.15, 0.2) is 0 Å². The number of benzene rings is 3. The van der Waals surface area contributed by atoms with Crippen molar-refractivity contribution in [1.29, 1.82) is 0 Å². The molecule has 1 aromatic heterocycles. The second kappa shape index (κ2) is 9.71. The molecule has 0 atom stereocenters. The fourth-order valence-electron chi connectivity index (χ4n) is 4.38. The lowest BCUT2D eigenvalue weighted by atomic mass is 9.97. The third-order valence-corrected chi connectivity index (χ3v) is 7.70. The minimum atomic E-state index is -4.15. The summed E-state index contributed by atoms with van der Waals surface area (Å²) < 4.78 is 31.2. The van der Waals surface area contributed by atoms with Gasteiger partial charge in [0, 0.05) is 16.8 Å². The number of carbonyl (C=O) groups is 1. The van der Waals surface area contributed by atoms with Crippen molar-refractivity contribution >= 4 is 56.1 Å². The van der Waals surface area contributed by atoms with Crippen LogP contribution in [0.3, 0.4) is 0 Å². The van der Waals surface area contributed by atoms with Gasteiger partial charge in [-0.2, -0.15) is 8.42 Å². The lowest BCUT2D eigenvalue weighted by molar-refractivity contribution is 0.262. The fraction of sp³-hybridized carbons (Fsp3) is 0.200. The first-order valence-electron chi connectivity index (χ1n) is 11.4. The second-order valence-electron chi connectivity index (χ2n) is 8.67. The van der Waals surface area contributed by atoms with Crippen LogP contribution in [0, 0.1) is 0 Å². The van der Waals surface area contributed by atoms with Gasteiger partial charge in [0.2, 0.25) is 5.95 Å². The minimum Gasteiger partial charge on any atom is -0.398 e. The highest BCUT2D eigenvalue weighted by Crippen LogP contribution is 2.36. The van der Waals surface area contributed by atoms with E-state index in [1.165, 1.54) is 31.0 Å². The number of hydrogen-bond acceptors (Lipinski definition) is 6. The number of nitrogens with zero attached hydrogens (tertiary/aromatic N) is 1. The molecular weight excluding hydrogens is 502 g/mol. The third-order valence-electron chi connectivity index (χ3n) is 6.12. The van der Waals surface area contributed by atoms with Gasteiger partial charge in [-0.05, 0) is 72.9 Å². The quantitative estimate of drug-likeness (QED) is 0.183. The molecule has 5 rings (SSSR count). The molecule has 0 bridgehead atoms. The van der Waals surface area contributed by atoms with Crippen molar-refractivity contribution in [3.8, 4) is 5.75 Å². The number of halogens is 1. The lowest BCUT2D eigenvalue weighted by Gasteiger charge is -2.13. The molecule has 0 unspecified atom stereocenters. The van der Waals surface area contributed by atoms with E-state index in [4.69, 9.17) is 21.5 Å². The Morgan fingerprint density at radius 3 is 2.50 bits per heavy atom. The number of fused-ring (bicyclic) bond motifs is 1. The number of anilines is 3. The number of aromatic nitrogens is 2. The first-order valence-corrected chi connectivity index (χ1v) is 13.2. The van der Waals surface area contributed by atoms with E-state index in [1.54, 1.807) is 36.4 Å². The van der Waals surface area contributed by atoms with Crippen molar-refractivity contribution in [3.05, 3.63) is 71.2 Å². The molecule has 186 valence electrons. The van der Waals surface area contributed by atoms with E-state index < -0.39 is 16.1 Å². The van der Waals surface area contributed by atoms with Crippen LogP contribution in [0.4, 0.5) is 22.1 Å². The molecule has 3 aromatic carbocycles. The molecule has 1 saturated carbocycles. The summed E-state index contributed by atoms with van der Waals surface area (Å²) in [5, 5.41) is 5.82. The smallest absolute Gasteiger partial charge is 0.341 e. The highest BCUT2D eigenvalue weighted by Gasteiger charge is 2.23. The predicted molar refractivity (Wildman–Crippen MR) is 140 cm³/mol. The van der Waals surface area contributed by atoms with Gasteiger partial charge in [0.25, 0.3) is 0 Å². The van der Waals surface area contributed by atoms with E-state index in [9.17, 15) is 13.2 Å². The van der Waals surface area contributed by atoms with Crippen molar-refractivity contribution in [2.24, 2.45) is 0 Å².